The smallest absolute Gasteiger partial charge is 0.341 e. The van der Waals surface area contributed by atoms with Crippen LogP contribution in [0.15, 0.2) is 12.3 Å². The lowest BCUT2D eigenvalue weighted by atomic mass is 10.2. The second-order valence-electron chi connectivity index (χ2n) is 3.51. The Balaban J connectivity index is 2.75. The van der Waals surface area contributed by atoms with Gasteiger partial charge in [-0.25, -0.2) is 9.78 Å². The Kier molecular flexibility index (Phi) is 4.91. The molecule has 7 nitrogen and oxygen atoms in total. The summed E-state index contributed by atoms with van der Waals surface area (Å²) in [7, 11) is 2.84. The number of aromatic nitrogens is 1. The number of ether oxygens (including phenoxy) is 1. The Hall–Kier alpha value is -2.31. The van der Waals surface area contributed by atoms with E-state index in [0.717, 1.165) is 0 Å². The molecule has 1 amide bonds. The molecule has 1 aromatic heterocycles. The van der Waals surface area contributed by atoms with Crippen molar-refractivity contribution in [2.24, 2.45) is 0 Å². The van der Waals surface area contributed by atoms with Gasteiger partial charge < -0.3 is 21.1 Å². The van der Waals surface area contributed by atoms with Crippen molar-refractivity contribution in [2.75, 3.05) is 31.8 Å². The molecule has 0 aliphatic heterocycles. The van der Waals surface area contributed by atoms with Crippen LogP contribution in [0.2, 0.25) is 0 Å². The molecule has 0 unspecified atom stereocenters. The lowest BCUT2D eigenvalue weighted by Crippen LogP contribution is -2.21. The standard InChI is InChI=1S/C11H16N4O3/c1-13-9(16)3-4-14-10-8(11(17)18-2)5-7(12)6-15-10/h5-6H,3-4,12H2,1-2H3,(H,13,16)(H,14,15). The number of carbonyl (C=O) groups excluding carboxylic acids is 2. The van der Waals surface area contributed by atoms with Crippen molar-refractivity contribution in [1.29, 1.82) is 0 Å². The summed E-state index contributed by atoms with van der Waals surface area (Å²) in [4.78, 5) is 26.6. The highest BCUT2D eigenvalue weighted by molar-refractivity contribution is 5.95. The number of hydrogen-bond donors (Lipinski definition) is 3. The van der Waals surface area contributed by atoms with Gasteiger partial charge in [0.05, 0.1) is 19.0 Å². The number of anilines is 2. The van der Waals surface area contributed by atoms with E-state index in [1.807, 2.05) is 0 Å². The molecule has 4 N–H and O–H groups in total. The van der Waals surface area contributed by atoms with E-state index >= 15 is 0 Å². The number of pyridine rings is 1. The highest BCUT2D eigenvalue weighted by Gasteiger charge is 2.13. The lowest BCUT2D eigenvalue weighted by molar-refractivity contribution is -0.120. The van der Waals surface area contributed by atoms with Crippen molar-refractivity contribution in [1.82, 2.24) is 10.3 Å². The Morgan fingerprint density at radius 3 is 2.83 bits per heavy atom. The Morgan fingerprint density at radius 2 is 2.22 bits per heavy atom. The van der Waals surface area contributed by atoms with Crippen LogP contribution in [-0.2, 0) is 9.53 Å². The number of hydrogen-bond acceptors (Lipinski definition) is 6. The maximum atomic E-state index is 11.5. The van der Waals surface area contributed by atoms with E-state index in [9.17, 15) is 9.59 Å². The van der Waals surface area contributed by atoms with Crippen LogP contribution in [0.5, 0.6) is 0 Å². The van der Waals surface area contributed by atoms with Gasteiger partial charge in [-0.15, -0.1) is 0 Å². The summed E-state index contributed by atoms with van der Waals surface area (Å²) >= 11 is 0. The minimum Gasteiger partial charge on any atom is -0.465 e. The Bertz CT molecular complexity index is 448. The minimum absolute atomic E-state index is 0.0995. The van der Waals surface area contributed by atoms with Crippen LogP contribution in [0, 0.1) is 0 Å². The molecule has 0 atom stereocenters. The van der Waals surface area contributed by atoms with Gasteiger partial charge in [0.25, 0.3) is 0 Å². The lowest BCUT2D eigenvalue weighted by Gasteiger charge is -2.09. The van der Waals surface area contributed by atoms with Crippen molar-refractivity contribution in [3.8, 4) is 0 Å². The Labute approximate surface area is 105 Å². The molecule has 0 fully saturated rings. The van der Waals surface area contributed by atoms with E-state index in [4.69, 9.17) is 5.73 Å². The molecule has 1 rings (SSSR count). The van der Waals surface area contributed by atoms with Crippen LogP contribution in [0.3, 0.4) is 0 Å². The van der Waals surface area contributed by atoms with Crippen LogP contribution < -0.4 is 16.4 Å². The fourth-order valence-corrected chi connectivity index (χ4v) is 1.31. The number of nitrogens with zero attached hydrogens (tertiary/aromatic N) is 1. The molecule has 0 aliphatic carbocycles. The van der Waals surface area contributed by atoms with Crippen molar-refractivity contribution >= 4 is 23.4 Å². The summed E-state index contributed by atoms with van der Waals surface area (Å²) in [6.07, 6.45) is 1.71. The highest BCUT2D eigenvalue weighted by atomic mass is 16.5. The second-order valence-corrected chi connectivity index (χ2v) is 3.51. The van der Waals surface area contributed by atoms with E-state index in [1.54, 1.807) is 7.05 Å². The summed E-state index contributed by atoms with van der Waals surface area (Å²) in [5, 5.41) is 5.39. The fourth-order valence-electron chi connectivity index (χ4n) is 1.31. The van der Waals surface area contributed by atoms with E-state index in [0.29, 0.717) is 18.1 Å². The molecule has 98 valence electrons. The van der Waals surface area contributed by atoms with Gasteiger partial charge in [0.1, 0.15) is 11.4 Å². The Morgan fingerprint density at radius 1 is 1.50 bits per heavy atom. The number of rotatable bonds is 5. The van der Waals surface area contributed by atoms with Gasteiger partial charge in [-0.2, -0.15) is 0 Å². The number of carbonyl (C=O) groups is 2. The molecular formula is C11H16N4O3. The van der Waals surface area contributed by atoms with Crippen LogP contribution in [-0.4, -0.2) is 37.6 Å². The van der Waals surface area contributed by atoms with E-state index in [2.05, 4.69) is 20.4 Å². The van der Waals surface area contributed by atoms with Gasteiger partial charge in [0.15, 0.2) is 0 Å². The van der Waals surface area contributed by atoms with Crippen LogP contribution in [0.25, 0.3) is 0 Å². The van der Waals surface area contributed by atoms with Gasteiger partial charge >= 0.3 is 5.97 Å². The topological polar surface area (TPSA) is 106 Å². The third kappa shape index (κ3) is 3.62. The minimum atomic E-state index is -0.530. The summed E-state index contributed by atoms with van der Waals surface area (Å²) in [5.41, 5.74) is 6.17. The molecular weight excluding hydrogens is 236 g/mol. The predicted octanol–water partition coefficient (Wildman–Crippen LogP) is -0.00160. The predicted molar refractivity (Wildman–Crippen MR) is 67.2 cm³/mol. The van der Waals surface area contributed by atoms with Gasteiger partial charge in [-0.1, -0.05) is 0 Å². The molecule has 0 bridgehead atoms. The maximum absolute atomic E-state index is 11.5. The summed E-state index contributed by atoms with van der Waals surface area (Å²) in [5.74, 6) is -0.283. The number of nitrogen functional groups attached to an aromatic ring is 1. The first-order chi connectivity index (χ1) is 8.58. The third-order valence-electron chi connectivity index (χ3n) is 2.24. The van der Waals surface area contributed by atoms with Gasteiger partial charge in [0.2, 0.25) is 5.91 Å². The number of methoxy groups -OCH3 is 1. The zero-order valence-corrected chi connectivity index (χ0v) is 10.3. The normalized spacial score (nSPS) is 9.67. The van der Waals surface area contributed by atoms with Gasteiger partial charge in [0, 0.05) is 20.0 Å². The molecule has 0 saturated carbocycles. The molecule has 0 saturated heterocycles. The molecule has 1 heterocycles. The molecule has 7 heteroatoms. The zero-order chi connectivity index (χ0) is 13.5. The van der Waals surface area contributed by atoms with Crippen molar-refractivity contribution in [2.45, 2.75) is 6.42 Å². The number of esters is 1. The average Bonchev–Trinajstić information content (AvgIpc) is 2.39. The average molecular weight is 252 g/mol. The molecule has 0 aliphatic rings. The quantitative estimate of drug-likeness (QED) is 0.637. The second kappa shape index (κ2) is 6.43. The largest absolute Gasteiger partial charge is 0.465 e. The summed E-state index contributed by atoms with van der Waals surface area (Å²) in [6, 6.07) is 1.47. The van der Waals surface area contributed by atoms with Crippen molar-refractivity contribution < 1.29 is 14.3 Å². The zero-order valence-electron chi connectivity index (χ0n) is 10.3. The van der Waals surface area contributed by atoms with Gasteiger partial charge in [-0.05, 0) is 6.07 Å². The molecule has 18 heavy (non-hydrogen) atoms. The van der Waals surface area contributed by atoms with Crippen LogP contribution in [0.4, 0.5) is 11.5 Å². The van der Waals surface area contributed by atoms with Gasteiger partial charge in [-0.3, -0.25) is 4.79 Å². The van der Waals surface area contributed by atoms with Crippen molar-refractivity contribution in [3.05, 3.63) is 17.8 Å². The molecule has 1 aromatic rings. The van der Waals surface area contributed by atoms with E-state index < -0.39 is 5.97 Å². The van der Waals surface area contributed by atoms with E-state index in [-0.39, 0.29) is 17.9 Å². The van der Waals surface area contributed by atoms with Crippen LogP contribution in [0.1, 0.15) is 16.8 Å². The summed E-state index contributed by atoms with van der Waals surface area (Å²) in [6.45, 7) is 0.362. The number of nitrogens with one attached hydrogen (secondary N) is 2. The van der Waals surface area contributed by atoms with Crippen LogP contribution >= 0.6 is 0 Å². The summed E-state index contributed by atoms with van der Waals surface area (Å²) < 4.78 is 4.63. The molecule has 0 spiro atoms. The highest BCUT2D eigenvalue weighted by Crippen LogP contribution is 2.16. The third-order valence-corrected chi connectivity index (χ3v) is 2.24. The monoisotopic (exact) mass is 252 g/mol. The van der Waals surface area contributed by atoms with E-state index in [1.165, 1.54) is 19.4 Å². The first-order valence-electron chi connectivity index (χ1n) is 5.36. The molecule has 0 radical (unpaired) electrons. The maximum Gasteiger partial charge on any atom is 0.341 e. The number of nitrogens with two attached hydrogens (primary N) is 1. The first kappa shape index (κ1) is 13.8. The first-order valence-corrected chi connectivity index (χ1v) is 5.36. The van der Waals surface area contributed by atoms with Crippen molar-refractivity contribution in [3.63, 3.8) is 0 Å². The fraction of sp³-hybridized carbons (Fsp3) is 0.364. The molecule has 0 aromatic carbocycles. The number of amides is 1. The SMILES string of the molecule is CNC(=O)CCNc1ncc(N)cc1C(=O)OC.